The zero-order valence-electron chi connectivity index (χ0n) is 25.3. The summed E-state index contributed by atoms with van der Waals surface area (Å²) in [6.45, 7) is 5.68. The number of carbonyl (C=O) groups is 2. The van der Waals surface area contributed by atoms with Crippen LogP contribution in [0.4, 0.5) is 10.6 Å². The summed E-state index contributed by atoms with van der Waals surface area (Å²) in [4.78, 5) is 44.0. The second kappa shape index (κ2) is 13.9. The highest BCUT2D eigenvalue weighted by atomic mass is 16.6. The number of carbonyl (C=O) groups excluding carboxylic acids is 2. The Morgan fingerprint density at radius 1 is 1.00 bits per heavy atom. The fourth-order valence-electron chi connectivity index (χ4n) is 4.99. The molecule has 0 radical (unpaired) electrons. The number of ether oxygens (including phenoxy) is 3. The van der Waals surface area contributed by atoms with E-state index in [1.54, 1.807) is 72.7 Å². The van der Waals surface area contributed by atoms with Crippen molar-refractivity contribution in [2.24, 2.45) is 0 Å². The number of imidazole rings is 1. The van der Waals surface area contributed by atoms with Gasteiger partial charge in [0.2, 0.25) is 11.9 Å². The van der Waals surface area contributed by atoms with Crippen molar-refractivity contribution in [1.82, 2.24) is 29.7 Å². The molecular formula is C32H37N7O5. The molecule has 1 atom stereocenters. The highest BCUT2D eigenvalue weighted by Crippen LogP contribution is 2.28. The molecule has 2 aromatic carbocycles. The SMILES string of the molecule is COc1ccc(CNC(=O)CC2CN(c3cc(C(C)C)nc(-n4ccnc4)n3)CCN2C(=O)Oc2ccccc2)cc1OC. The first-order valence-electron chi connectivity index (χ1n) is 14.5. The lowest BCUT2D eigenvalue weighted by atomic mass is 10.1. The summed E-state index contributed by atoms with van der Waals surface area (Å²) in [5.41, 5.74) is 1.74. The monoisotopic (exact) mass is 599 g/mol. The lowest BCUT2D eigenvalue weighted by Gasteiger charge is -2.41. The lowest BCUT2D eigenvalue weighted by molar-refractivity contribution is -0.122. The standard InChI is InChI=1S/C32H37N7O5/c1-22(2)26-18-29(36-31(35-26)38-13-12-33-21-38)37-14-15-39(32(41)44-25-8-6-5-7-9-25)24(20-37)17-30(40)34-19-23-10-11-27(42-3)28(16-23)43-4/h5-13,16,18,21-22,24H,14-15,17,19-20H2,1-4H3,(H,34,40). The normalized spacial score (nSPS) is 14.8. The summed E-state index contributed by atoms with van der Waals surface area (Å²) in [6, 6.07) is 15.9. The van der Waals surface area contributed by atoms with E-state index in [9.17, 15) is 9.59 Å². The van der Waals surface area contributed by atoms with Gasteiger partial charge >= 0.3 is 6.09 Å². The van der Waals surface area contributed by atoms with Crippen molar-refractivity contribution < 1.29 is 23.8 Å². The Hall–Kier alpha value is -5.13. The Morgan fingerprint density at radius 2 is 1.80 bits per heavy atom. The average molecular weight is 600 g/mol. The van der Waals surface area contributed by atoms with Crippen LogP contribution in [0.15, 0.2) is 73.3 Å². The van der Waals surface area contributed by atoms with Crippen molar-refractivity contribution in [2.45, 2.75) is 38.8 Å². The molecule has 0 spiro atoms. The van der Waals surface area contributed by atoms with Crippen molar-refractivity contribution in [3.8, 4) is 23.2 Å². The molecule has 1 N–H and O–H groups in total. The molecule has 44 heavy (non-hydrogen) atoms. The number of methoxy groups -OCH3 is 2. The van der Waals surface area contributed by atoms with Crippen LogP contribution in [0, 0.1) is 0 Å². The van der Waals surface area contributed by atoms with Gasteiger partial charge in [-0.1, -0.05) is 38.1 Å². The Bertz CT molecular complexity index is 1560. The number of benzene rings is 2. The molecule has 1 unspecified atom stereocenters. The lowest BCUT2D eigenvalue weighted by Crippen LogP contribution is -2.57. The molecule has 4 aromatic rings. The third-order valence-electron chi connectivity index (χ3n) is 7.40. The van der Waals surface area contributed by atoms with Crippen LogP contribution in [0.25, 0.3) is 5.95 Å². The molecule has 12 heteroatoms. The van der Waals surface area contributed by atoms with Crippen molar-refractivity contribution in [3.63, 3.8) is 0 Å². The van der Waals surface area contributed by atoms with Gasteiger partial charge in [-0.25, -0.2) is 14.8 Å². The van der Waals surface area contributed by atoms with E-state index in [0.29, 0.717) is 49.4 Å². The molecule has 2 aromatic heterocycles. The molecule has 0 aliphatic carbocycles. The van der Waals surface area contributed by atoms with E-state index in [4.69, 9.17) is 24.2 Å². The highest BCUT2D eigenvalue weighted by Gasteiger charge is 2.34. The molecule has 1 aliphatic heterocycles. The highest BCUT2D eigenvalue weighted by molar-refractivity contribution is 5.78. The number of piperazine rings is 1. The van der Waals surface area contributed by atoms with E-state index in [-0.39, 0.29) is 18.2 Å². The summed E-state index contributed by atoms with van der Waals surface area (Å²) >= 11 is 0. The van der Waals surface area contributed by atoms with E-state index in [0.717, 1.165) is 17.1 Å². The van der Waals surface area contributed by atoms with Crippen LogP contribution in [-0.4, -0.2) is 76.3 Å². The first-order valence-corrected chi connectivity index (χ1v) is 14.5. The number of aromatic nitrogens is 4. The van der Waals surface area contributed by atoms with Crippen LogP contribution in [-0.2, 0) is 11.3 Å². The third kappa shape index (κ3) is 7.25. The smallest absolute Gasteiger partial charge is 0.415 e. The molecule has 230 valence electrons. The summed E-state index contributed by atoms with van der Waals surface area (Å²) in [5.74, 6) is 2.83. The summed E-state index contributed by atoms with van der Waals surface area (Å²) in [5, 5.41) is 2.98. The Morgan fingerprint density at radius 3 is 2.50 bits per heavy atom. The molecule has 0 bridgehead atoms. The fourth-order valence-corrected chi connectivity index (χ4v) is 4.99. The van der Waals surface area contributed by atoms with Crippen LogP contribution >= 0.6 is 0 Å². The number of hydrogen-bond acceptors (Lipinski definition) is 9. The molecule has 1 fully saturated rings. The quantitative estimate of drug-likeness (QED) is 0.286. The average Bonchev–Trinajstić information content (AvgIpc) is 3.59. The van der Waals surface area contributed by atoms with Gasteiger partial charge in [0.05, 0.1) is 26.0 Å². The van der Waals surface area contributed by atoms with E-state index >= 15 is 0 Å². The van der Waals surface area contributed by atoms with Gasteiger partial charge in [-0.05, 0) is 35.7 Å². The fraction of sp³-hybridized carbons (Fsp3) is 0.344. The van der Waals surface area contributed by atoms with Crippen LogP contribution in [0.2, 0.25) is 0 Å². The van der Waals surface area contributed by atoms with E-state index in [2.05, 4.69) is 29.0 Å². The van der Waals surface area contributed by atoms with E-state index < -0.39 is 12.1 Å². The van der Waals surface area contributed by atoms with Crippen LogP contribution in [0.1, 0.15) is 37.4 Å². The molecule has 1 aliphatic rings. The maximum absolute atomic E-state index is 13.4. The van der Waals surface area contributed by atoms with Crippen molar-refractivity contribution in [2.75, 3.05) is 38.8 Å². The number of anilines is 1. The topological polar surface area (TPSA) is 124 Å². The minimum atomic E-state index is -0.502. The second-order valence-corrected chi connectivity index (χ2v) is 10.7. The van der Waals surface area contributed by atoms with Gasteiger partial charge in [-0.3, -0.25) is 9.36 Å². The van der Waals surface area contributed by atoms with Crippen molar-refractivity contribution >= 4 is 17.8 Å². The maximum Gasteiger partial charge on any atom is 0.415 e. The van der Waals surface area contributed by atoms with Gasteiger partial charge in [0.15, 0.2) is 11.5 Å². The van der Waals surface area contributed by atoms with Gasteiger partial charge in [-0.2, -0.15) is 4.98 Å². The minimum Gasteiger partial charge on any atom is -0.493 e. The van der Waals surface area contributed by atoms with Crippen LogP contribution < -0.4 is 24.4 Å². The first-order chi connectivity index (χ1) is 21.3. The van der Waals surface area contributed by atoms with Gasteiger partial charge in [0.1, 0.15) is 17.9 Å². The van der Waals surface area contributed by atoms with Gasteiger partial charge in [0.25, 0.3) is 0 Å². The molecule has 1 saturated heterocycles. The molecule has 2 amide bonds. The molecule has 3 heterocycles. The number of nitrogens with one attached hydrogen (secondary N) is 1. The summed E-state index contributed by atoms with van der Waals surface area (Å²) < 4.78 is 18.1. The summed E-state index contributed by atoms with van der Waals surface area (Å²) in [6.07, 6.45) is 4.71. The maximum atomic E-state index is 13.4. The molecule has 0 saturated carbocycles. The first kappa shape index (κ1) is 30.3. The Balaban J connectivity index is 1.35. The second-order valence-electron chi connectivity index (χ2n) is 10.7. The number of rotatable bonds is 10. The molecule has 12 nitrogen and oxygen atoms in total. The number of nitrogens with zero attached hydrogens (tertiary/aromatic N) is 6. The predicted molar refractivity (Wildman–Crippen MR) is 164 cm³/mol. The van der Waals surface area contributed by atoms with Crippen LogP contribution in [0.3, 0.4) is 0 Å². The summed E-state index contributed by atoms with van der Waals surface area (Å²) in [7, 11) is 3.14. The molecular weight excluding hydrogens is 562 g/mol. The van der Waals surface area contributed by atoms with Gasteiger partial charge in [-0.15, -0.1) is 0 Å². The minimum absolute atomic E-state index is 0.0736. The number of amides is 2. The number of para-hydroxylation sites is 1. The zero-order valence-corrected chi connectivity index (χ0v) is 25.3. The Labute approximate surface area is 256 Å². The number of hydrogen-bond donors (Lipinski definition) is 1. The molecule has 5 rings (SSSR count). The van der Waals surface area contributed by atoms with Crippen LogP contribution in [0.5, 0.6) is 17.2 Å². The van der Waals surface area contributed by atoms with Gasteiger partial charge < -0.3 is 29.3 Å². The predicted octanol–water partition coefficient (Wildman–Crippen LogP) is 4.20. The largest absolute Gasteiger partial charge is 0.493 e. The van der Waals surface area contributed by atoms with Crippen molar-refractivity contribution in [3.05, 3.63) is 84.6 Å². The van der Waals surface area contributed by atoms with E-state index in [1.807, 2.05) is 24.3 Å². The third-order valence-corrected chi connectivity index (χ3v) is 7.40. The van der Waals surface area contributed by atoms with Gasteiger partial charge in [0, 0.05) is 51.1 Å². The van der Waals surface area contributed by atoms with E-state index in [1.165, 1.54) is 0 Å². The van der Waals surface area contributed by atoms with Crippen molar-refractivity contribution in [1.29, 1.82) is 0 Å². The zero-order chi connectivity index (χ0) is 31.1. The Kier molecular flexibility index (Phi) is 9.58.